The molecule has 0 bridgehead atoms. The van der Waals surface area contributed by atoms with Crippen LogP contribution in [0.3, 0.4) is 0 Å². The molecule has 8 nitrogen and oxygen atoms in total. The van der Waals surface area contributed by atoms with Gasteiger partial charge in [0.25, 0.3) is 5.88 Å². The summed E-state index contributed by atoms with van der Waals surface area (Å²) in [6.45, 7) is 0.434. The van der Waals surface area contributed by atoms with E-state index in [1.165, 1.54) is 6.08 Å². The Hall–Kier alpha value is -4.46. The SMILES string of the molecule is O=c1[nH]c(/C=C\c2ccc(OCc3cccc4ccccc34)cc2)nc(O)c1[N+](=O)[O-]. The second-order valence-electron chi connectivity index (χ2n) is 6.71. The van der Waals surface area contributed by atoms with Gasteiger partial charge in [-0.25, -0.2) is 0 Å². The van der Waals surface area contributed by atoms with Crippen molar-refractivity contribution >= 4 is 28.6 Å². The highest BCUT2D eigenvalue weighted by Crippen LogP contribution is 2.22. The van der Waals surface area contributed by atoms with Gasteiger partial charge in [-0.15, -0.1) is 0 Å². The fourth-order valence-corrected chi connectivity index (χ4v) is 3.15. The van der Waals surface area contributed by atoms with Gasteiger partial charge in [0.1, 0.15) is 18.2 Å². The fraction of sp³-hybridized carbons (Fsp3) is 0.0435. The third-order valence-electron chi connectivity index (χ3n) is 4.67. The highest BCUT2D eigenvalue weighted by molar-refractivity contribution is 5.85. The number of benzene rings is 3. The lowest BCUT2D eigenvalue weighted by Gasteiger charge is -2.09. The number of fused-ring (bicyclic) bond motifs is 1. The van der Waals surface area contributed by atoms with Crippen molar-refractivity contribution in [1.82, 2.24) is 9.97 Å². The van der Waals surface area contributed by atoms with E-state index in [-0.39, 0.29) is 5.82 Å². The van der Waals surface area contributed by atoms with Crippen LogP contribution in [0.1, 0.15) is 17.0 Å². The predicted molar refractivity (Wildman–Crippen MR) is 117 cm³/mol. The average Bonchev–Trinajstić information content (AvgIpc) is 2.76. The number of ether oxygens (including phenoxy) is 1. The Morgan fingerprint density at radius 3 is 2.52 bits per heavy atom. The van der Waals surface area contributed by atoms with Gasteiger partial charge in [0.05, 0.1) is 4.92 Å². The van der Waals surface area contributed by atoms with Gasteiger partial charge in [-0.05, 0) is 40.1 Å². The molecule has 0 saturated carbocycles. The average molecular weight is 415 g/mol. The molecule has 1 aromatic heterocycles. The number of aromatic amines is 1. The Morgan fingerprint density at radius 2 is 1.77 bits per heavy atom. The molecule has 31 heavy (non-hydrogen) atoms. The van der Waals surface area contributed by atoms with Crippen molar-refractivity contribution in [3.05, 3.63) is 104 Å². The minimum absolute atomic E-state index is 0.00406. The number of hydrogen-bond donors (Lipinski definition) is 2. The van der Waals surface area contributed by atoms with Gasteiger partial charge >= 0.3 is 11.2 Å². The lowest BCUT2D eigenvalue weighted by Crippen LogP contribution is -2.14. The van der Waals surface area contributed by atoms with Gasteiger partial charge < -0.3 is 14.8 Å². The number of aromatic nitrogens is 2. The van der Waals surface area contributed by atoms with Crippen LogP contribution in [0.4, 0.5) is 5.69 Å². The van der Waals surface area contributed by atoms with E-state index in [0.29, 0.717) is 12.4 Å². The zero-order valence-electron chi connectivity index (χ0n) is 16.2. The van der Waals surface area contributed by atoms with E-state index in [9.17, 15) is 20.0 Å². The molecule has 0 unspecified atom stereocenters. The van der Waals surface area contributed by atoms with Gasteiger partial charge in [0.15, 0.2) is 0 Å². The van der Waals surface area contributed by atoms with E-state index in [4.69, 9.17) is 4.74 Å². The van der Waals surface area contributed by atoms with E-state index in [0.717, 1.165) is 21.9 Å². The standard InChI is InChI=1S/C23H17N3O5/c27-22-21(26(29)30)23(28)25-20(24-22)13-10-15-8-11-18(12-9-15)31-14-17-6-3-5-16-4-1-2-7-19(16)17/h1-13H,14H2,(H2,24,25,27,28)/b13-10-. The van der Waals surface area contributed by atoms with Crippen molar-refractivity contribution < 1.29 is 14.8 Å². The highest BCUT2D eigenvalue weighted by atomic mass is 16.6. The minimum Gasteiger partial charge on any atom is -0.489 e. The summed E-state index contributed by atoms with van der Waals surface area (Å²) in [5.74, 6) is -0.223. The number of H-pyrrole nitrogens is 1. The van der Waals surface area contributed by atoms with Gasteiger partial charge in [-0.2, -0.15) is 4.98 Å². The van der Waals surface area contributed by atoms with Crippen molar-refractivity contribution in [1.29, 1.82) is 0 Å². The molecule has 0 aliphatic carbocycles. The molecule has 2 N–H and O–H groups in total. The number of rotatable bonds is 6. The van der Waals surface area contributed by atoms with Crippen LogP contribution in [0.15, 0.2) is 71.5 Å². The monoisotopic (exact) mass is 415 g/mol. The second kappa shape index (κ2) is 8.50. The third kappa shape index (κ3) is 4.43. The van der Waals surface area contributed by atoms with Crippen molar-refractivity contribution in [3.63, 3.8) is 0 Å². The van der Waals surface area contributed by atoms with Gasteiger partial charge in [-0.1, -0.05) is 60.7 Å². The van der Waals surface area contributed by atoms with Crippen LogP contribution in [0, 0.1) is 10.1 Å². The first kappa shape index (κ1) is 19.8. The van der Waals surface area contributed by atoms with Crippen molar-refractivity contribution in [2.75, 3.05) is 0 Å². The van der Waals surface area contributed by atoms with Crippen molar-refractivity contribution in [3.8, 4) is 11.6 Å². The van der Waals surface area contributed by atoms with Crippen LogP contribution in [-0.2, 0) is 6.61 Å². The number of aromatic hydroxyl groups is 1. The summed E-state index contributed by atoms with van der Waals surface area (Å²) in [5, 5.41) is 22.6. The summed E-state index contributed by atoms with van der Waals surface area (Å²) >= 11 is 0. The number of nitro groups is 1. The van der Waals surface area contributed by atoms with Crippen LogP contribution in [0.5, 0.6) is 11.6 Å². The van der Waals surface area contributed by atoms with E-state index < -0.39 is 22.0 Å². The van der Waals surface area contributed by atoms with Crippen LogP contribution in [0.25, 0.3) is 22.9 Å². The van der Waals surface area contributed by atoms with Gasteiger partial charge in [0, 0.05) is 0 Å². The first-order chi connectivity index (χ1) is 15.0. The zero-order chi connectivity index (χ0) is 21.8. The topological polar surface area (TPSA) is 118 Å². The molecular weight excluding hydrogens is 398 g/mol. The molecule has 0 spiro atoms. The predicted octanol–water partition coefficient (Wildman–Crippen LogP) is 4.29. The highest BCUT2D eigenvalue weighted by Gasteiger charge is 2.21. The lowest BCUT2D eigenvalue weighted by atomic mass is 10.1. The Labute approximate surface area is 176 Å². The van der Waals surface area contributed by atoms with Gasteiger partial charge in [0.2, 0.25) is 0 Å². The minimum atomic E-state index is -1.02. The summed E-state index contributed by atoms with van der Waals surface area (Å²) in [4.78, 5) is 27.3. The molecule has 8 heteroatoms. The summed E-state index contributed by atoms with van der Waals surface area (Å²) in [6.07, 6.45) is 3.09. The molecule has 0 aliphatic rings. The molecule has 3 aromatic carbocycles. The molecule has 0 aliphatic heterocycles. The number of nitrogens with zero attached hydrogens (tertiary/aromatic N) is 2. The molecule has 1 heterocycles. The van der Waals surface area contributed by atoms with E-state index in [1.54, 1.807) is 6.08 Å². The van der Waals surface area contributed by atoms with Crippen molar-refractivity contribution in [2.45, 2.75) is 6.61 Å². The van der Waals surface area contributed by atoms with E-state index >= 15 is 0 Å². The summed E-state index contributed by atoms with van der Waals surface area (Å²) in [5.41, 5.74) is -0.118. The Bertz CT molecular complexity index is 1340. The number of hydrogen-bond acceptors (Lipinski definition) is 6. The molecule has 4 rings (SSSR count). The van der Waals surface area contributed by atoms with Crippen LogP contribution >= 0.6 is 0 Å². The third-order valence-corrected chi connectivity index (χ3v) is 4.67. The molecule has 0 amide bonds. The maximum absolute atomic E-state index is 11.7. The molecule has 4 aromatic rings. The van der Waals surface area contributed by atoms with Crippen LogP contribution in [-0.4, -0.2) is 20.0 Å². The van der Waals surface area contributed by atoms with Gasteiger partial charge in [-0.3, -0.25) is 14.9 Å². The maximum atomic E-state index is 11.7. The molecule has 0 radical (unpaired) electrons. The smallest absolute Gasteiger partial charge is 0.395 e. The normalized spacial score (nSPS) is 11.1. The number of nitrogens with one attached hydrogen (secondary N) is 1. The molecule has 154 valence electrons. The largest absolute Gasteiger partial charge is 0.489 e. The van der Waals surface area contributed by atoms with Crippen molar-refractivity contribution in [2.24, 2.45) is 0 Å². The molecule has 0 saturated heterocycles. The summed E-state index contributed by atoms with van der Waals surface area (Å²) < 4.78 is 5.90. The lowest BCUT2D eigenvalue weighted by molar-refractivity contribution is -0.387. The molecular formula is C23H17N3O5. The zero-order valence-corrected chi connectivity index (χ0v) is 16.2. The van der Waals surface area contributed by atoms with Crippen LogP contribution in [0.2, 0.25) is 0 Å². The fourth-order valence-electron chi connectivity index (χ4n) is 3.15. The van der Waals surface area contributed by atoms with E-state index in [2.05, 4.69) is 28.2 Å². The summed E-state index contributed by atoms with van der Waals surface area (Å²) in [6, 6.07) is 21.5. The quantitative estimate of drug-likeness (QED) is 0.358. The first-order valence-corrected chi connectivity index (χ1v) is 9.36. The maximum Gasteiger partial charge on any atom is 0.395 e. The summed E-state index contributed by atoms with van der Waals surface area (Å²) in [7, 11) is 0. The van der Waals surface area contributed by atoms with Crippen LogP contribution < -0.4 is 10.3 Å². The molecule has 0 fully saturated rings. The molecule has 0 atom stereocenters. The van der Waals surface area contributed by atoms with E-state index in [1.807, 2.05) is 48.5 Å². The second-order valence-corrected chi connectivity index (χ2v) is 6.71. The Morgan fingerprint density at radius 1 is 1.03 bits per heavy atom. The Balaban J connectivity index is 1.45. The Kier molecular flexibility index (Phi) is 5.44. The first-order valence-electron chi connectivity index (χ1n) is 9.36.